The Balaban J connectivity index is 3.29. The van der Waals surface area contributed by atoms with Gasteiger partial charge in [-0.15, -0.1) is 0 Å². The van der Waals surface area contributed by atoms with E-state index in [9.17, 15) is 4.21 Å². The second kappa shape index (κ2) is 3.35. The molecule has 0 aromatic carbocycles. The third-order valence-electron chi connectivity index (χ3n) is 2.03. The lowest BCUT2D eigenvalue weighted by molar-refractivity contribution is 0.585. The summed E-state index contributed by atoms with van der Waals surface area (Å²) in [4.78, 5) is 4.52. The smallest absolute Gasteiger partial charge is 0.0712 e. The minimum atomic E-state index is -2.65. The van der Waals surface area contributed by atoms with Gasteiger partial charge in [-0.2, -0.15) is 0 Å². The molecular weight excluding hydrogens is 196 g/mol. The maximum Gasteiger partial charge on any atom is 0.0712 e. The SMILES string of the molecule is CC(C)(C)c1cncc([S@](C)(=N)=O)c1. The molecule has 1 N–H and O–H groups in total. The number of pyridine rings is 1. The van der Waals surface area contributed by atoms with E-state index in [1.165, 1.54) is 12.5 Å². The van der Waals surface area contributed by atoms with Gasteiger partial charge in [0.05, 0.1) is 14.6 Å². The van der Waals surface area contributed by atoms with E-state index in [0.717, 1.165) is 5.56 Å². The maximum absolute atomic E-state index is 11.5. The first-order valence-corrected chi connectivity index (χ1v) is 6.37. The Morgan fingerprint density at radius 2 is 1.93 bits per heavy atom. The number of rotatable bonds is 1. The molecule has 0 spiro atoms. The minimum absolute atomic E-state index is 0.0201. The van der Waals surface area contributed by atoms with Crippen LogP contribution in [-0.4, -0.2) is 15.4 Å². The van der Waals surface area contributed by atoms with Gasteiger partial charge >= 0.3 is 0 Å². The van der Waals surface area contributed by atoms with Crippen LogP contribution >= 0.6 is 0 Å². The lowest BCUT2D eigenvalue weighted by atomic mass is 9.88. The molecule has 1 aromatic heterocycles. The molecule has 0 aliphatic heterocycles. The Kier molecular flexibility index (Phi) is 2.67. The van der Waals surface area contributed by atoms with Crippen LogP contribution < -0.4 is 0 Å². The van der Waals surface area contributed by atoms with Crippen LogP contribution in [0, 0.1) is 4.78 Å². The lowest BCUT2D eigenvalue weighted by Crippen LogP contribution is -2.12. The van der Waals surface area contributed by atoms with Crippen molar-refractivity contribution in [1.29, 1.82) is 4.78 Å². The molecule has 3 nitrogen and oxygen atoms in total. The predicted octanol–water partition coefficient (Wildman–Crippen LogP) is 2.41. The van der Waals surface area contributed by atoms with Crippen LogP contribution in [0.25, 0.3) is 0 Å². The Labute approximate surface area is 85.5 Å². The first kappa shape index (κ1) is 11.2. The summed E-state index contributed by atoms with van der Waals surface area (Å²) >= 11 is 0. The van der Waals surface area contributed by atoms with E-state index < -0.39 is 9.73 Å². The van der Waals surface area contributed by atoms with Gasteiger partial charge in [-0.1, -0.05) is 20.8 Å². The molecule has 1 heterocycles. The molecule has 1 atom stereocenters. The minimum Gasteiger partial charge on any atom is -0.263 e. The number of nitrogens with zero attached hydrogens (tertiary/aromatic N) is 1. The van der Waals surface area contributed by atoms with Crippen molar-refractivity contribution < 1.29 is 4.21 Å². The molecule has 1 aromatic rings. The second-order valence-electron chi connectivity index (χ2n) is 4.50. The van der Waals surface area contributed by atoms with E-state index in [1.807, 2.05) is 6.07 Å². The molecule has 0 saturated carbocycles. The first-order chi connectivity index (χ1) is 6.21. The molecule has 1 rings (SSSR count). The molecule has 0 radical (unpaired) electrons. The standard InChI is InChI=1S/C10H16N2OS/c1-10(2,3)8-5-9(7-12-6-8)14(4,11)13/h5-7,11H,1-4H3/t14-/m1/s1. The van der Waals surface area contributed by atoms with Crippen LogP contribution in [0.5, 0.6) is 0 Å². The predicted molar refractivity (Wildman–Crippen MR) is 58.0 cm³/mol. The molecule has 14 heavy (non-hydrogen) atoms. The molecule has 4 heteroatoms. The zero-order valence-electron chi connectivity index (χ0n) is 9.00. The zero-order chi connectivity index (χ0) is 11.0. The van der Waals surface area contributed by atoms with Crippen molar-refractivity contribution in [2.45, 2.75) is 31.1 Å². The van der Waals surface area contributed by atoms with Gasteiger partial charge in [0.15, 0.2) is 0 Å². The van der Waals surface area contributed by atoms with Gasteiger partial charge in [0.2, 0.25) is 0 Å². The summed E-state index contributed by atoms with van der Waals surface area (Å²) in [7, 11) is -2.65. The molecule has 0 saturated heterocycles. The summed E-state index contributed by atoms with van der Waals surface area (Å²) in [5, 5.41) is 0. The summed E-state index contributed by atoms with van der Waals surface area (Å²) in [5.74, 6) is 0. The maximum atomic E-state index is 11.5. The van der Waals surface area contributed by atoms with Gasteiger partial charge in [0.1, 0.15) is 0 Å². The van der Waals surface area contributed by atoms with Gasteiger partial charge in [-0.3, -0.25) is 4.98 Å². The summed E-state index contributed by atoms with van der Waals surface area (Å²) in [6, 6.07) is 1.81. The summed E-state index contributed by atoms with van der Waals surface area (Å²) < 4.78 is 19.0. The van der Waals surface area contributed by atoms with Crippen molar-refractivity contribution in [1.82, 2.24) is 4.98 Å². The highest BCUT2D eigenvalue weighted by Crippen LogP contribution is 2.23. The molecule has 0 bridgehead atoms. The normalized spacial score (nSPS) is 16.3. The Morgan fingerprint density at radius 3 is 2.36 bits per heavy atom. The van der Waals surface area contributed by atoms with E-state index in [4.69, 9.17) is 4.78 Å². The molecule has 0 amide bonds. The highest BCUT2D eigenvalue weighted by Gasteiger charge is 2.15. The fourth-order valence-electron chi connectivity index (χ4n) is 1.04. The van der Waals surface area contributed by atoms with Crippen LogP contribution in [0.1, 0.15) is 26.3 Å². The average Bonchev–Trinajstić information content (AvgIpc) is 2.01. The summed E-state index contributed by atoms with van der Waals surface area (Å²) in [5.41, 5.74) is 0.991. The topological polar surface area (TPSA) is 53.8 Å². The van der Waals surface area contributed by atoms with Crippen molar-refractivity contribution >= 4 is 9.73 Å². The van der Waals surface area contributed by atoms with Crippen LogP contribution in [0.15, 0.2) is 23.4 Å². The summed E-state index contributed by atoms with van der Waals surface area (Å²) in [6.07, 6.45) is 4.68. The number of hydrogen-bond acceptors (Lipinski definition) is 3. The van der Waals surface area contributed by atoms with Crippen LogP contribution in [-0.2, 0) is 15.1 Å². The van der Waals surface area contributed by atoms with Crippen molar-refractivity contribution in [2.75, 3.05) is 6.26 Å². The second-order valence-corrected chi connectivity index (χ2v) is 6.66. The Hall–Kier alpha value is -0.900. The van der Waals surface area contributed by atoms with Crippen molar-refractivity contribution in [3.63, 3.8) is 0 Å². The number of hydrogen-bond donors (Lipinski definition) is 1. The van der Waals surface area contributed by atoms with Crippen LogP contribution in [0.4, 0.5) is 0 Å². The quantitative estimate of drug-likeness (QED) is 0.777. The average molecular weight is 212 g/mol. The third-order valence-corrected chi connectivity index (χ3v) is 3.15. The van der Waals surface area contributed by atoms with Gasteiger partial charge in [-0.25, -0.2) is 8.99 Å². The van der Waals surface area contributed by atoms with E-state index in [0.29, 0.717) is 4.90 Å². The van der Waals surface area contributed by atoms with Gasteiger partial charge < -0.3 is 0 Å². The fourth-order valence-corrected chi connectivity index (χ4v) is 1.66. The monoisotopic (exact) mass is 212 g/mol. The molecular formula is C10H16N2OS. The van der Waals surface area contributed by atoms with Crippen molar-refractivity contribution in [3.8, 4) is 0 Å². The highest BCUT2D eigenvalue weighted by molar-refractivity contribution is 7.91. The third kappa shape index (κ3) is 2.54. The van der Waals surface area contributed by atoms with E-state index in [1.54, 1.807) is 6.20 Å². The fraction of sp³-hybridized carbons (Fsp3) is 0.500. The number of aromatic nitrogens is 1. The Morgan fingerprint density at radius 1 is 1.36 bits per heavy atom. The molecule has 78 valence electrons. The summed E-state index contributed by atoms with van der Waals surface area (Å²) in [6.45, 7) is 6.19. The highest BCUT2D eigenvalue weighted by atomic mass is 32.2. The van der Waals surface area contributed by atoms with E-state index >= 15 is 0 Å². The number of nitrogens with one attached hydrogen (secondary N) is 1. The van der Waals surface area contributed by atoms with Gasteiger partial charge in [0, 0.05) is 18.6 Å². The largest absolute Gasteiger partial charge is 0.263 e. The lowest BCUT2D eigenvalue weighted by Gasteiger charge is -2.18. The molecule has 0 aliphatic carbocycles. The zero-order valence-corrected chi connectivity index (χ0v) is 9.81. The van der Waals surface area contributed by atoms with Crippen LogP contribution in [0.3, 0.4) is 0 Å². The first-order valence-electron chi connectivity index (χ1n) is 4.40. The molecule has 0 aliphatic rings. The molecule has 0 unspecified atom stereocenters. The van der Waals surface area contributed by atoms with Gasteiger partial charge in [0.25, 0.3) is 0 Å². The van der Waals surface area contributed by atoms with E-state index in [2.05, 4.69) is 25.8 Å². The van der Waals surface area contributed by atoms with Crippen molar-refractivity contribution in [2.24, 2.45) is 0 Å². The van der Waals surface area contributed by atoms with Crippen LogP contribution in [0.2, 0.25) is 0 Å². The van der Waals surface area contributed by atoms with Crippen molar-refractivity contribution in [3.05, 3.63) is 24.0 Å². The van der Waals surface area contributed by atoms with Gasteiger partial charge in [-0.05, 0) is 17.0 Å². The van der Waals surface area contributed by atoms with E-state index in [-0.39, 0.29) is 5.41 Å². The molecule has 0 fully saturated rings. The Bertz CT molecular complexity index is 430.